The Morgan fingerprint density at radius 1 is 1.15 bits per heavy atom. The molecule has 0 bridgehead atoms. The van der Waals surface area contributed by atoms with Gasteiger partial charge in [-0.15, -0.1) is 0 Å². The summed E-state index contributed by atoms with van der Waals surface area (Å²) in [6.07, 6.45) is 11.9. The number of fused-ring (bicyclic) bond motifs is 5. The lowest BCUT2D eigenvalue weighted by atomic mass is 9.47. The topological polar surface area (TPSA) is 49.7 Å². The molecule has 0 aromatic rings. The zero-order valence-corrected chi connectivity index (χ0v) is 23.8. The number of hydrogen-bond donors (Lipinski definition) is 2. The maximum absolute atomic E-state index is 11.2. The summed E-state index contributed by atoms with van der Waals surface area (Å²) in [6.45, 7) is 19.4. The van der Waals surface area contributed by atoms with Crippen molar-refractivity contribution in [3.05, 3.63) is 11.6 Å². The number of hydrogen-bond acceptors (Lipinski definition) is 3. The van der Waals surface area contributed by atoms with Crippen molar-refractivity contribution in [3.8, 4) is 0 Å². The molecule has 4 aliphatic carbocycles. The molecule has 3 saturated carbocycles. The van der Waals surface area contributed by atoms with Crippen LogP contribution in [0.4, 0.5) is 0 Å². The second-order valence-corrected chi connectivity index (χ2v) is 19.1. The van der Waals surface area contributed by atoms with Gasteiger partial charge in [0.2, 0.25) is 0 Å². The van der Waals surface area contributed by atoms with Crippen LogP contribution in [-0.4, -0.2) is 37.3 Å². The van der Waals surface area contributed by atoms with E-state index < -0.39 is 8.32 Å². The summed E-state index contributed by atoms with van der Waals surface area (Å²) >= 11 is 0. The fourth-order valence-corrected chi connectivity index (χ4v) is 10.2. The number of rotatable bonds is 5. The molecule has 3 nitrogen and oxygen atoms in total. The highest BCUT2D eigenvalue weighted by Crippen LogP contribution is 2.67. The van der Waals surface area contributed by atoms with Gasteiger partial charge in [-0.3, -0.25) is 0 Å². The molecule has 0 amide bonds. The molecule has 2 unspecified atom stereocenters. The van der Waals surface area contributed by atoms with E-state index in [-0.39, 0.29) is 23.2 Å². The quantitative estimate of drug-likeness (QED) is 0.333. The van der Waals surface area contributed by atoms with Crippen LogP contribution in [-0.2, 0) is 4.43 Å². The molecule has 0 heterocycles. The highest BCUT2D eigenvalue weighted by Gasteiger charge is 2.61. The van der Waals surface area contributed by atoms with E-state index in [1.807, 2.05) is 0 Å². The van der Waals surface area contributed by atoms with E-state index >= 15 is 0 Å². The predicted octanol–water partition coefficient (Wildman–Crippen LogP) is 6.95. The van der Waals surface area contributed by atoms with E-state index in [1.54, 1.807) is 5.57 Å². The Hall–Kier alpha value is -0.163. The van der Waals surface area contributed by atoms with Crippen LogP contribution in [0.25, 0.3) is 0 Å². The smallest absolute Gasteiger partial charge is 0.192 e. The molecule has 0 aromatic carbocycles. The van der Waals surface area contributed by atoms with Crippen molar-refractivity contribution in [1.82, 2.24) is 0 Å². The van der Waals surface area contributed by atoms with Crippen molar-refractivity contribution in [1.29, 1.82) is 0 Å². The van der Waals surface area contributed by atoms with E-state index in [0.29, 0.717) is 35.2 Å². The molecule has 33 heavy (non-hydrogen) atoms. The summed E-state index contributed by atoms with van der Waals surface area (Å²) < 4.78 is 6.88. The van der Waals surface area contributed by atoms with Gasteiger partial charge in [-0.1, -0.05) is 53.2 Å². The number of allylic oxidation sites excluding steroid dienone is 1. The molecular weight excluding hydrogens is 424 g/mol. The highest BCUT2D eigenvalue weighted by atomic mass is 28.4. The van der Waals surface area contributed by atoms with Gasteiger partial charge in [-0.2, -0.15) is 0 Å². The lowest BCUT2D eigenvalue weighted by Gasteiger charge is -2.58. The monoisotopic (exact) mass is 476 g/mol. The minimum absolute atomic E-state index is 0.202. The number of aliphatic hydroxyl groups excluding tert-OH is 2. The van der Waals surface area contributed by atoms with Crippen LogP contribution in [0.15, 0.2) is 11.6 Å². The van der Waals surface area contributed by atoms with Crippen molar-refractivity contribution < 1.29 is 14.6 Å². The summed E-state index contributed by atoms with van der Waals surface area (Å²) in [6, 6.07) is 0. The zero-order valence-electron chi connectivity index (χ0n) is 22.8. The Bertz CT molecular complexity index is 754. The van der Waals surface area contributed by atoms with Crippen LogP contribution >= 0.6 is 0 Å². The third-order valence-corrected chi connectivity index (χ3v) is 16.2. The average molecular weight is 477 g/mol. The summed E-state index contributed by atoms with van der Waals surface area (Å²) in [5.74, 6) is 2.81. The van der Waals surface area contributed by atoms with Gasteiger partial charge in [0.05, 0.1) is 6.10 Å². The summed E-state index contributed by atoms with van der Waals surface area (Å²) in [5.41, 5.74) is 2.22. The van der Waals surface area contributed by atoms with E-state index in [0.717, 1.165) is 25.2 Å². The van der Waals surface area contributed by atoms with Crippen LogP contribution in [0, 0.1) is 40.4 Å². The molecular formula is C29H52O3Si. The van der Waals surface area contributed by atoms with Crippen LogP contribution in [0.1, 0.15) is 92.9 Å². The molecule has 0 aromatic heterocycles. The second kappa shape index (κ2) is 8.75. The molecule has 0 aliphatic heterocycles. The standard InChI is InChI=1S/C29H52O3Si/c1-19(13-16-30)26-25(31)18-24-22-10-9-20-17-21(32-33(7,8)27(2,3)4)11-14-28(20,5)23(22)12-15-29(24,26)6/h9,19,21-26,30-31H,10-18H2,1-8H3/t19-,21+,22-,23+,24+,25?,26+,28?,29+/m1/s1. The van der Waals surface area contributed by atoms with E-state index in [9.17, 15) is 10.2 Å². The van der Waals surface area contributed by atoms with Crippen molar-refractivity contribution in [2.45, 2.75) is 123 Å². The first-order chi connectivity index (χ1) is 15.2. The molecule has 2 N–H and O–H groups in total. The molecule has 4 heteroatoms. The lowest BCUT2D eigenvalue weighted by Crippen LogP contribution is -2.52. The van der Waals surface area contributed by atoms with Gasteiger partial charge in [-0.25, -0.2) is 0 Å². The highest BCUT2D eigenvalue weighted by molar-refractivity contribution is 6.74. The van der Waals surface area contributed by atoms with Crippen LogP contribution in [0.5, 0.6) is 0 Å². The summed E-state index contributed by atoms with van der Waals surface area (Å²) in [5, 5.41) is 21.0. The Morgan fingerprint density at radius 2 is 1.85 bits per heavy atom. The summed E-state index contributed by atoms with van der Waals surface area (Å²) in [4.78, 5) is 0. The van der Waals surface area contributed by atoms with Crippen LogP contribution < -0.4 is 0 Å². The maximum Gasteiger partial charge on any atom is 0.192 e. The van der Waals surface area contributed by atoms with Crippen LogP contribution in [0.2, 0.25) is 18.1 Å². The van der Waals surface area contributed by atoms with Gasteiger partial charge in [0.1, 0.15) is 0 Å². The first-order valence-corrected chi connectivity index (χ1v) is 16.8. The fourth-order valence-electron chi connectivity index (χ4n) is 8.79. The molecule has 3 fully saturated rings. The van der Waals surface area contributed by atoms with Crippen molar-refractivity contribution in [3.63, 3.8) is 0 Å². The first-order valence-electron chi connectivity index (χ1n) is 13.9. The number of aliphatic hydroxyl groups is 2. The van der Waals surface area contributed by atoms with Crippen molar-refractivity contribution >= 4 is 8.32 Å². The normalized spacial score (nSPS) is 44.5. The molecule has 4 rings (SSSR count). The average Bonchev–Trinajstić information content (AvgIpc) is 2.97. The molecule has 0 radical (unpaired) electrons. The molecule has 9 atom stereocenters. The van der Waals surface area contributed by atoms with Gasteiger partial charge in [0.15, 0.2) is 8.32 Å². The zero-order chi connectivity index (χ0) is 24.4. The summed E-state index contributed by atoms with van der Waals surface area (Å²) in [7, 11) is -1.74. The van der Waals surface area contributed by atoms with Gasteiger partial charge < -0.3 is 14.6 Å². The SMILES string of the molecule is C[C@H](CCO)[C@H]1C(O)C[C@H]2[C@@H]3CC=C4C[C@@H](O[Si](C)(C)C(C)(C)C)CCC4(C)[C@H]3CC[C@]12C. The first kappa shape index (κ1) is 25.9. The van der Waals surface area contributed by atoms with Crippen molar-refractivity contribution in [2.75, 3.05) is 6.61 Å². The predicted molar refractivity (Wildman–Crippen MR) is 140 cm³/mol. The maximum atomic E-state index is 11.2. The van der Waals surface area contributed by atoms with Crippen LogP contribution in [0.3, 0.4) is 0 Å². The minimum atomic E-state index is -1.74. The van der Waals surface area contributed by atoms with Gasteiger partial charge in [0.25, 0.3) is 0 Å². The van der Waals surface area contributed by atoms with Gasteiger partial charge in [-0.05, 0) is 110 Å². The van der Waals surface area contributed by atoms with E-state index in [4.69, 9.17) is 4.43 Å². The van der Waals surface area contributed by atoms with Gasteiger partial charge in [0, 0.05) is 12.7 Å². The largest absolute Gasteiger partial charge is 0.414 e. The third kappa shape index (κ3) is 4.23. The van der Waals surface area contributed by atoms with E-state index in [2.05, 4.69) is 60.7 Å². The Kier molecular flexibility index (Phi) is 6.87. The molecule has 0 spiro atoms. The second-order valence-electron chi connectivity index (χ2n) is 14.4. The lowest BCUT2D eigenvalue weighted by molar-refractivity contribution is -0.0621. The molecule has 0 saturated heterocycles. The Labute approximate surface area is 204 Å². The molecule has 4 aliphatic rings. The Balaban J connectivity index is 1.53. The van der Waals surface area contributed by atoms with E-state index in [1.165, 1.54) is 32.1 Å². The molecule has 190 valence electrons. The van der Waals surface area contributed by atoms with Crippen molar-refractivity contribution in [2.24, 2.45) is 40.4 Å². The Morgan fingerprint density at radius 3 is 2.48 bits per heavy atom. The minimum Gasteiger partial charge on any atom is -0.414 e. The van der Waals surface area contributed by atoms with Gasteiger partial charge >= 0.3 is 0 Å². The third-order valence-electron chi connectivity index (χ3n) is 11.6. The fraction of sp³-hybridized carbons (Fsp3) is 0.931.